The van der Waals surface area contributed by atoms with E-state index in [0.29, 0.717) is 48.8 Å². The van der Waals surface area contributed by atoms with Crippen molar-refractivity contribution in [1.82, 2.24) is 10.2 Å². The Morgan fingerprint density at radius 3 is 2.40 bits per heavy atom. The minimum atomic E-state index is -0.487. The van der Waals surface area contributed by atoms with Gasteiger partial charge in [0.25, 0.3) is 5.91 Å². The standard InChI is InChI=1S/C31H41FN4O4.2ClH/c32-23-17-24(35-30(37)8-12-33)19-27(18-23)39-25-10-14-36(15-11-25)31(38)22-6-7-29(40-26-9-13-34-20-26)28(16-22)21-4-2-1-3-5-21;;/h6-7,16-19,21,25-26,34H,1-5,8-15,20,33H2,(H,35,37);2*1H. The van der Waals surface area contributed by atoms with E-state index in [1.807, 2.05) is 17.0 Å². The lowest BCUT2D eigenvalue weighted by Gasteiger charge is -2.33. The molecule has 1 saturated carbocycles. The van der Waals surface area contributed by atoms with Crippen LogP contribution in [0.2, 0.25) is 0 Å². The van der Waals surface area contributed by atoms with Crippen LogP contribution in [-0.2, 0) is 4.79 Å². The number of hydrogen-bond donors (Lipinski definition) is 3. The number of hydrogen-bond acceptors (Lipinski definition) is 6. The molecule has 0 aromatic heterocycles. The van der Waals surface area contributed by atoms with Crippen molar-refractivity contribution in [2.75, 3.05) is 38.0 Å². The molecule has 1 atom stereocenters. The zero-order chi connectivity index (χ0) is 27.9. The molecule has 2 heterocycles. The van der Waals surface area contributed by atoms with Crippen molar-refractivity contribution in [3.8, 4) is 11.5 Å². The molecule has 11 heteroatoms. The molecule has 0 bridgehead atoms. The number of carbonyl (C=O) groups excluding carboxylic acids is 2. The minimum Gasteiger partial charge on any atom is -0.490 e. The molecule has 4 N–H and O–H groups in total. The maximum Gasteiger partial charge on any atom is 0.253 e. The molecule has 0 spiro atoms. The SMILES string of the molecule is Cl.Cl.NCCC(=O)Nc1cc(F)cc(OC2CCN(C(=O)c3ccc(OC4CCNC4)c(C4CCCCC4)c3)CC2)c1. The number of ether oxygens (including phenoxy) is 2. The van der Waals surface area contributed by atoms with Gasteiger partial charge >= 0.3 is 0 Å². The van der Waals surface area contributed by atoms with E-state index in [0.717, 1.165) is 38.1 Å². The van der Waals surface area contributed by atoms with Crippen LogP contribution < -0.4 is 25.8 Å². The summed E-state index contributed by atoms with van der Waals surface area (Å²) >= 11 is 0. The number of rotatable bonds is 9. The van der Waals surface area contributed by atoms with Gasteiger partial charge < -0.3 is 30.7 Å². The molecular formula is C31H43Cl2FN4O4. The summed E-state index contributed by atoms with van der Waals surface area (Å²) in [5.41, 5.74) is 7.64. The van der Waals surface area contributed by atoms with Crippen LogP contribution in [0.4, 0.5) is 10.1 Å². The van der Waals surface area contributed by atoms with Crippen LogP contribution in [0.3, 0.4) is 0 Å². The van der Waals surface area contributed by atoms with Crippen LogP contribution in [0.15, 0.2) is 36.4 Å². The van der Waals surface area contributed by atoms with E-state index < -0.39 is 5.82 Å². The number of benzene rings is 2. The third-order valence-electron chi connectivity index (χ3n) is 8.17. The van der Waals surface area contributed by atoms with Gasteiger partial charge in [-0.15, -0.1) is 24.8 Å². The Morgan fingerprint density at radius 1 is 0.952 bits per heavy atom. The van der Waals surface area contributed by atoms with Gasteiger partial charge in [0.05, 0.1) is 0 Å². The fourth-order valence-corrected chi connectivity index (χ4v) is 6.04. The fourth-order valence-electron chi connectivity index (χ4n) is 6.04. The molecule has 0 radical (unpaired) electrons. The van der Waals surface area contributed by atoms with Crippen LogP contribution >= 0.6 is 24.8 Å². The number of nitrogens with two attached hydrogens (primary N) is 1. The van der Waals surface area contributed by atoms with Crippen molar-refractivity contribution in [3.05, 3.63) is 53.3 Å². The second-order valence-electron chi connectivity index (χ2n) is 11.2. The highest BCUT2D eigenvalue weighted by Gasteiger charge is 2.28. The fraction of sp³-hybridized carbons (Fsp3) is 0.548. The molecule has 1 aliphatic carbocycles. The van der Waals surface area contributed by atoms with Gasteiger partial charge in [0.15, 0.2) is 0 Å². The Balaban J connectivity index is 0.00000242. The predicted molar refractivity (Wildman–Crippen MR) is 167 cm³/mol. The lowest BCUT2D eigenvalue weighted by Crippen LogP contribution is -2.41. The molecular weight excluding hydrogens is 582 g/mol. The van der Waals surface area contributed by atoms with Gasteiger partial charge in [-0.1, -0.05) is 19.3 Å². The van der Waals surface area contributed by atoms with E-state index in [1.165, 1.54) is 37.0 Å². The minimum absolute atomic E-state index is 0. The Hall–Kier alpha value is -2.59. The van der Waals surface area contributed by atoms with Crippen LogP contribution in [0.1, 0.15) is 79.6 Å². The maximum atomic E-state index is 14.2. The number of nitrogens with one attached hydrogen (secondary N) is 2. The van der Waals surface area contributed by atoms with E-state index in [-0.39, 0.29) is 61.8 Å². The van der Waals surface area contributed by atoms with Crippen molar-refractivity contribution in [2.45, 2.75) is 75.9 Å². The summed E-state index contributed by atoms with van der Waals surface area (Å²) in [4.78, 5) is 27.3. The molecule has 2 aromatic carbocycles. The monoisotopic (exact) mass is 624 g/mol. The van der Waals surface area contributed by atoms with Crippen LogP contribution in [0.25, 0.3) is 0 Å². The number of piperidine rings is 1. The Kier molecular flexibility index (Phi) is 13.2. The van der Waals surface area contributed by atoms with E-state index in [4.69, 9.17) is 15.2 Å². The Morgan fingerprint density at radius 2 is 1.71 bits per heavy atom. The average molecular weight is 626 g/mol. The molecule has 3 aliphatic rings. The average Bonchev–Trinajstić information content (AvgIpc) is 3.47. The molecule has 5 rings (SSSR count). The second kappa shape index (κ2) is 16.3. The first-order valence-electron chi connectivity index (χ1n) is 14.8. The highest BCUT2D eigenvalue weighted by atomic mass is 35.5. The zero-order valence-electron chi connectivity index (χ0n) is 23.9. The quantitative estimate of drug-likeness (QED) is 0.344. The number of anilines is 1. The maximum absolute atomic E-state index is 14.2. The van der Waals surface area contributed by atoms with E-state index in [1.54, 1.807) is 6.07 Å². The van der Waals surface area contributed by atoms with Gasteiger partial charge in [-0.3, -0.25) is 9.59 Å². The van der Waals surface area contributed by atoms with Gasteiger partial charge in [-0.05, 0) is 61.6 Å². The first-order chi connectivity index (χ1) is 19.5. The van der Waals surface area contributed by atoms with Gasteiger partial charge in [0, 0.05) is 68.8 Å². The van der Waals surface area contributed by atoms with Gasteiger partial charge in [0.2, 0.25) is 5.91 Å². The van der Waals surface area contributed by atoms with Crippen molar-refractivity contribution in [2.24, 2.45) is 5.73 Å². The van der Waals surface area contributed by atoms with Gasteiger partial charge in [-0.2, -0.15) is 0 Å². The number of amides is 2. The highest BCUT2D eigenvalue weighted by Crippen LogP contribution is 2.39. The summed E-state index contributed by atoms with van der Waals surface area (Å²) in [6, 6.07) is 10.2. The van der Waals surface area contributed by atoms with Crippen molar-refractivity contribution in [3.63, 3.8) is 0 Å². The largest absolute Gasteiger partial charge is 0.490 e. The third-order valence-corrected chi connectivity index (χ3v) is 8.17. The van der Waals surface area contributed by atoms with Crippen molar-refractivity contribution in [1.29, 1.82) is 0 Å². The molecule has 42 heavy (non-hydrogen) atoms. The van der Waals surface area contributed by atoms with E-state index in [9.17, 15) is 14.0 Å². The molecule has 2 saturated heterocycles. The molecule has 2 amide bonds. The molecule has 3 fully saturated rings. The summed E-state index contributed by atoms with van der Waals surface area (Å²) in [5.74, 6) is 0.989. The van der Waals surface area contributed by atoms with Crippen LogP contribution in [-0.4, -0.2) is 61.6 Å². The summed E-state index contributed by atoms with van der Waals surface area (Å²) in [6.45, 7) is 3.18. The molecule has 2 aromatic rings. The third kappa shape index (κ3) is 8.96. The lowest BCUT2D eigenvalue weighted by molar-refractivity contribution is -0.116. The Bertz CT molecular complexity index is 1180. The molecule has 2 aliphatic heterocycles. The highest BCUT2D eigenvalue weighted by molar-refractivity contribution is 5.95. The number of likely N-dealkylation sites (tertiary alicyclic amines) is 1. The molecule has 232 valence electrons. The number of nitrogens with zero attached hydrogens (tertiary/aromatic N) is 1. The van der Waals surface area contributed by atoms with Crippen LogP contribution in [0.5, 0.6) is 11.5 Å². The van der Waals surface area contributed by atoms with E-state index in [2.05, 4.69) is 16.7 Å². The normalized spacial score (nSPS) is 19.4. The van der Waals surface area contributed by atoms with Crippen LogP contribution in [0, 0.1) is 5.82 Å². The van der Waals surface area contributed by atoms with E-state index >= 15 is 0 Å². The van der Waals surface area contributed by atoms with Gasteiger partial charge in [0.1, 0.15) is 29.5 Å². The van der Waals surface area contributed by atoms with Crippen molar-refractivity contribution >= 4 is 42.3 Å². The number of carbonyl (C=O) groups is 2. The first kappa shape index (κ1) is 33.9. The summed E-state index contributed by atoms with van der Waals surface area (Å²) in [7, 11) is 0. The molecule has 1 unspecified atom stereocenters. The van der Waals surface area contributed by atoms with Gasteiger partial charge in [-0.25, -0.2) is 4.39 Å². The smallest absolute Gasteiger partial charge is 0.253 e. The predicted octanol–water partition coefficient (Wildman–Crippen LogP) is 5.43. The summed E-state index contributed by atoms with van der Waals surface area (Å²) < 4.78 is 26.6. The second-order valence-corrected chi connectivity index (χ2v) is 11.2. The van der Waals surface area contributed by atoms with Crippen molar-refractivity contribution < 1.29 is 23.5 Å². The summed E-state index contributed by atoms with van der Waals surface area (Å²) in [6.07, 6.45) is 8.46. The summed E-state index contributed by atoms with van der Waals surface area (Å²) in [5, 5.41) is 6.01. The number of halogens is 3. The Labute approximate surface area is 260 Å². The zero-order valence-corrected chi connectivity index (χ0v) is 25.6. The lowest BCUT2D eigenvalue weighted by atomic mass is 9.83. The molecule has 8 nitrogen and oxygen atoms in total. The first-order valence-corrected chi connectivity index (χ1v) is 14.8. The topological polar surface area (TPSA) is 106 Å².